The second-order valence-corrected chi connectivity index (χ2v) is 5.32. The van der Waals surface area contributed by atoms with Gasteiger partial charge in [-0.1, -0.05) is 23.7 Å². The van der Waals surface area contributed by atoms with Crippen LogP contribution in [-0.2, 0) is 4.79 Å². The van der Waals surface area contributed by atoms with E-state index in [1.807, 2.05) is 19.1 Å². The highest BCUT2D eigenvalue weighted by atomic mass is 35.5. The van der Waals surface area contributed by atoms with Crippen LogP contribution >= 0.6 is 11.6 Å². The van der Waals surface area contributed by atoms with E-state index in [-0.39, 0.29) is 5.57 Å². The molecule has 0 aliphatic heterocycles. The first-order valence-electron chi connectivity index (χ1n) is 6.98. The molecule has 2 rings (SSSR count). The monoisotopic (exact) mass is 336 g/mol. The topological polar surface area (TPSA) is 88.7 Å². The van der Waals surface area contributed by atoms with E-state index < -0.39 is 5.91 Å². The lowest BCUT2D eigenvalue weighted by Crippen LogP contribution is -2.15. The van der Waals surface area contributed by atoms with Crippen molar-refractivity contribution in [1.82, 2.24) is 0 Å². The third kappa shape index (κ3) is 4.13. The van der Waals surface area contributed by atoms with Gasteiger partial charge in [0.1, 0.15) is 17.7 Å². The highest BCUT2D eigenvalue weighted by Crippen LogP contribution is 2.20. The van der Waals surface area contributed by atoms with Gasteiger partial charge in [-0.15, -0.1) is 0 Å². The molecule has 0 saturated heterocycles. The molecule has 2 N–H and O–H groups in total. The Balaban J connectivity index is 2.17. The lowest BCUT2D eigenvalue weighted by molar-refractivity contribution is -0.112. The van der Waals surface area contributed by atoms with E-state index in [0.717, 1.165) is 11.3 Å². The fourth-order valence-electron chi connectivity index (χ4n) is 1.97. The summed E-state index contributed by atoms with van der Waals surface area (Å²) in [5.41, 5.74) is 2.18. The highest BCUT2D eigenvalue weighted by Gasteiger charge is 2.11. The molecule has 0 spiro atoms. The quantitative estimate of drug-likeness (QED) is 0.653. The Labute approximate surface area is 144 Å². The summed E-state index contributed by atoms with van der Waals surface area (Å²) in [4.78, 5) is 12.2. The number of carbonyl (C=O) groups is 1. The van der Waals surface area contributed by atoms with Gasteiger partial charge in [-0.2, -0.15) is 10.5 Å². The average molecular weight is 337 g/mol. The summed E-state index contributed by atoms with van der Waals surface area (Å²) in [6.07, 6.45) is 1.32. The zero-order valence-electron chi connectivity index (χ0n) is 12.8. The molecule has 0 aliphatic carbocycles. The smallest absolute Gasteiger partial charge is 0.267 e. The maximum atomic E-state index is 12.2. The standard InChI is InChI=1S/C18H13ClN4O/c1-12-8-15(19)6-7-16(12)22-11-14(10-21)18(24)23-17-5-3-2-4-13(17)9-20/h2-8,11,22H,1H3,(H,23,24)/b14-11-. The molecule has 0 fully saturated rings. The Hall–Kier alpha value is -3.28. The van der Waals surface area contributed by atoms with Gasteiger partial charge in [0.25, 0.3) is 5.91 Å². The van der Waals surface area contributed by atoms with Gasteiger partial charge in [0.2, 0.25) is 0 Å². The molecule has 0 unspecified atom stereocenters. The molecular weight excluding hydrogens is 324 g/mol. The van der Waals surface area contributed by atoms with Gasteiger partial charge in [0.05, 0.1) is 11.3 Å². The number of hydrogen-bond donors (Lipinski definition) is 2. The second kappa shape index (κ2) is 7.82. The number of nitrogens with zero attached hydrogens (tertiary/aromatic N) is 2. The van der Waals surface area contributed by atoms with E-state index >= 15 is 0 Å². The molecule has 0 aliphatic rings. The van der Waals surface area contributed by atoms with Gasteiger partial charge in [0.15, 0.2) is 0 Å². The Morgan fingerprint density at radius 1 is 1.17 bits per heavy atom. The molecule has 24 heavy (non-hydrogen) atoms. The molecule has 0 saturated carbocycles. The van der Waals surface area contributed by atoms with Gasteiger partial charge in [0, 0.05) is 16.9 Å². The predicted molar refractivity (Wildman–Crippen MR) is 93.3 cm³/mol. The number of carbonyl (C=O) groups excluding carboxylic acids is 1. The number of rotatable bonds is 4. The number of anilines is 2. The van der Waals surface area contributed by atoms with Crippen LogP contribution in [0.15, 0.2) is 54.2 Å². The Morgan fingerprint density at radius 2 is 1.92 bits per heavy atom. The number of para-hydroxylation sites is 1. The van der Waals surface area contributed by atoms with Crippen LogP contribution in [0.1, 0.15) is 11.1 Å². The molecule has 6 heteroatoms. The number of hydrogen-bond acceptors (Lipinski definition) is 4. The largest absolute Gasteiger partial charge is 0.360 e. The minimum atomic E-state index is -0.598. The Morgan fingerprint density at radius 3 is 2.58 bits per heavy atom. The van der Waals surface area contributed by atoms with E-state index in [0.29, 0.717) is 16.3 Å². The van der Waals surface area contributed by atoms with Crippen LogP contribution in [-0.4, -0.2) is 5.91 Å². The summed E-state index contributed by atoms with van der Waals surface area (Å²) in [6, 6.07) is 15.6. The van der Waals surface area contributed by atoms with E-state index in [9.17, 15) is 10.1 Å². The summed E-state index contributed by atoms with van der Waals surface area (Å²) >= 11 is 5.89. The first-order valence-corrected chi connectivity index (χ1v) is 7.36. The molecule has 0 aromatic heterocycles. The molecule has 118 valence electrons. The summed E-state index contributed by atoms with van der Waals surface area (Å²) in [7, 11) is 0. The SMILES string of the molecule is Cc1cc(Cl)ccc1N/C=C(/C#N)C(=O)Nc1ccccc1C#N. The van der Waals surface area contributed by atoms with Crippen LogP contribution in [0.5, 0.6) is 0 Å². The molecule has 1 amide bonds. The van der Waals surface area contributed by atoms with E-state index in [2.05, 4.69) is 10.6 Å². The van der Waals surface area contributed by atoms with Crippen LogP contribution in [0, 0.1) is 29.6 Å². The first kappa shape index (κ1) is 17.1. The highest BCUT2D eigenvalue weighted by molar-refractivity contribution is 6.30. The van der Waals surface area contributed by atoms with Gasteiger partial charge < -0.3 is 10.6 Å². The molecular formula is C18H13ClN4O. The lowest BCUT2D eigenvalue weighted by Gasteiger charge is -2.08. The van der Waals surface area contributed by atoms with Crippen molar-refractivity contribution in [3.05, 3.63) is 70.4 Å². The number of aryl methyl sites for hydroxylation is 1. The van der Waals surface area contributed by atoms with Crippen LogP contribution in [0.3, 0.4) is 0 Å². The third-order valence-electron chi connectivity index (χ3n) is 3.22. The fraction of sp³-hybridized carbons (Fsp3) is 0.0556. The summed E-state index contributed by atoms with van der Waals surface area (Å²) in [5.74, 6) is -0.598. The van der Waals surface area contributed by atoms with Crippen molar-refractivity contribution in [2.75, 3.05) is 10.6 Å². The molecule has 2 aromatic carbocycles. The molecule has 5 nitrogen and oxygen atoms in total. The van der Waals surface area contributed by atoms with Crippen molar-refractivity contribution in [3.8, 4) is 12.1 Å². The van der Waals surface area contributed by atoms with Crippen molar-refractivity contribution in [2.24, 2.45) is 0 Å². The van der Waals surface area contributed by atoms with E-state index in [4.69, 9.17) is 16.9 Å². The number of benzene rings is 2. The average Bonchev–Trinajstić information content (AvgIpc) is 2.57. The van der Waals surface area contributed by atoms with Crippen molar-refractivity contribution in [1.29, 1.82) is 10.5 Å². The van der Waals surface area contributed by atoms with Crippen LogP contribution < -0.4 is 10.6 Å². The Kier molecular flexibility index (Phi) is 5.57. The van der Waals surface area contributed by atoms with Crippen molar-refractivity contribution < 1.29 is 4.79 Å². The fourth-order valence-corrected chi connectivity index (χ4v) is 2.19. The van der Waals surface area contributed by atoms with Crippen molar-refractivity contribution in [2.45, 2.75) is 6.92 Å². The van der Waals surface area contributed by atoms with Crippen LogP contribution in [0.4, 0.5) is 11.4 Å². The van der Waals surface area contributed by atoms with E-state index in [1.54, 1.807) is 42.5 Å². The van der Waals surface area contributed by atoms with Crippen molar-refractivity contribution in [3.63, 3.8) is 0 Å². The number of amides is 1. The Bertz CT molecular complexity index is 891. The zero-order valence-corrected chi connectivity index (χ0v) is 13.6. The minimum Gasteiger partial charge on any atom is -0.360 e. The third-order valence-corrected chi connectivity index (χ3v) is 3.46. The second-order valence-electron chi connectivity index (χ2n) is 4.88. The number of nitriles is 2. The number of nitrogens with one attached hydrogen (secondary N) is 2. The summed E-state index contributed by atoms with van der Waals surface area (Å²) in [5, 5.41) is 24.3. The maximum Gasteiger partial charge on any atom is 0.267 e. The molecule has 0 heterocycles. The molecule has 0 bridgehead atoms. The molecule has 2 aromatic rings. The van der Waals surface area contributed by atoms with Gasteiger partial charge in [-0.3, -0.25) is 4.79 Å². The van der Waals surface area contributed by atoms with Crippen LogP contribution in [0.2, 0.25) is 5.02 Å². The summed E-state index contributed by atoms with van der Waals surface area (Å²) < 4.78 is 0. The molecule has 0 radical (unpaired) electrons. The zero-order chi connectivity index (χ0) is 17.5. The van der Waals surface area contributed by atoms with Crippen molar-refractivity contribution >= 4 is 28.9 Å². The first-order chi connectivity index (χ1) is 11.5. The maximum absolute atomic E-state index is 12.2. The van der Waals surface area contributed by atoms with E-state index in [1.165, 1.54) is 6.20 Å². The number of halogens is 1. The lowest BCUT2D eigenvalue weighted by atomic mass is 10.2. The molecule has 0 atom stereocenters. The van der Waals surface area contributed by atoms with Gasteiger partial charge in [-0.05, 0) is 42.8 Å². The summed E-state index contributed by atoms with van der Waals surface area (Å²) in [6.45, 7) is 1.86. The minimum absolute atomic E-state index is 0.114. The van der Waals surface area contributed by atoms with Gasteiger partial charge >= 0.3 is 0 Å². The predicted octanol–water partition coefficient (Wildman–Crippen LogP) is 3.98. The van der Waals surface area contributed by atoms with Gasteiger partial charge in [-0.25, -0.2) is 0 Å². The normalized spacial score (nSPS) is 10.4. The van der Waals surface area contributed by atoms with Crippen LogP contribution in [0.25, 0.3) is 0 Å².